The summed E-state index contributed by atoms with van der Waals surface area (Å²) >= 11 is 0. The summed E-state index contributed by atoms with van der Waals surface area (Å²) in [4.78, 5) is 15.5. The Morgan fingerprint density at radius 2 is 1.91 bits per heavy atom. The lowest BCUT2D eigenvalue weighted by Gasteiger charge is -2.49. The van der Waals surface area contributed by atoms with Gasteiger partial charge in [0.2, 0.25) is 0 Å². The van der Waals surface area contributed by atoms with Crippen LogP contribution in [0.2, 0.25) is 0 Å². The third-order valence-electron chi connectivity index (χ3n) is 10.6. The van der Waals surface area contributed by atoms with Crippen molar-refractivity contribution >= 4 is 5.78 Å². The molecule has 1 heterocycles. The Kier molecular flexibility index (Phi) is 5.74. The highest BCUT2D eigenvalue weighted by molar-refractivity contribution is 5.95. The summed E-state index contributed by atoms with van der Waals surface area (Å²) in [5.41, 5.74) is 4.44. The molecule has 4 aliphatic carbocycles. The van der Waals surface area contributed by atoms with Crippen LogP contribution in [0.15, 0.2) is 22.8 Å². The van der Waals surface area contributed by atoms with Crippen LogP contribution in [-0.4, -0.2) is 52.7 Å². The minimum atomic E-state index is -0.318. The Morgan fingerprint density at radius 3 is 2.62 bits per heavy atom. The third kappa shape index (κ3) is 3.39. The molecule has 0 radical (unpaired) electrons. The van der Waals surface area contributed by atoms with Crippen LogP contribution in [0.4, 0.5) is 0 Å². The van der Waals surface area contributed by atoms with E-state index in [1.165, 1.54) is 11.1 Å². The molecule has 1 aliphatic heterocycles. The molecule has 5 rings (SSSR count). The molecule has 5 aliphatic rings. The van der Waals surface area contributed by atoms with Gasteiger partial charge in [-0.3, -0.25) is 4.79 Å². The summed E-state index contributed by atoms with van der Waals surface area (Å²) < 4.78 is 0. The van der Waals surface area contributed by atoms with Gasteiger partial charge >= 0.3 is 0 Å². The highest BCUT2D eigenvalue weighted by atomic mass is 16.3. The number of rotatable bonds is 2. The fourth-order valence-electron chi connectivity index (χ4n) is 8.89. The molecular formula is C28H43NO3. The van der Waals surface area contributed by atoms with E-state index in [9.17, 15) is 15.0 Å². The van der Waals surface area contributed by atoms with E-state index in [2.05, 4.69) is 39.6 Å². The molecule has 0 bridgehead atoms. The number of ketones is 1. The zero-order valence-corrected chi connectivity index (χ0v) is 20.7. The molecule has 1 saturated heterocycles. The number of fused-ring (bicyclic) bond motifs is 4. The van der Waals surface area contributed by atoms with Crippen molar-refractivity contribution in [2.24, 2.45) is 40.9 Å². The average molecular weight is 442 g/mol. The summed E-state index contributed by atoms with van der Waals surface area (Å²) in [7, 11) is 2.19. The molecule has 4 nitrogen and oxygen atoms in total. The van der Waals surface area contributed by atoms with Crippen LogP contribution in [0, 0.1) is 40.9 Å². The molecule has 2 fully saturated rings. The van der Waals surface area contributed by atoms with Crippen molar-refractivity contribution in [2.45, 2.75) is 90.9 Å². The summed E-state index contributed by atoms with van der Waals surface area (Å²) in [6.45, 7) is 10.4. The number of likely N-dealkylation sites (N-methyl/N-ethyl adjacent to an activating group) is 1. The quantitative estimate of drug-likeness (QED) is 0.668. The topological polar surface area (TPSA) is 60.8 Å². The largest absolute Gasteiger partial charge is 0.393 e. The van der Waals surface area contributed by atoms with Gasteiger partial charge in [0.1, 0.15) is 0 Å². The number of aliphatic hydroxyl groups is 2. The van der Waals surface area contributed by atoms with Gasteiger partial charge in [-0.25, -0.2) is 0 Å². The van der Waals surface area contributed by atoms with Crippen LogP contribution < -0.4 is 0 Å². The average Bonchev–Trinajstić information content (AvgIpc) is 3.09. The molecule has 1 saturated carbocycles. The van der Waals surface area contributed by atoms with Gasteiger partial charge in [-0.15, -0.1) is 0 Å². The summed E-state index contributed by atoms with van der Waals surface area (Å²) in [6.07, 6.45) is 8.10. The van der Waals surface area contributed by atoms with E-state index in [-0.39, 0.29) is 35.4 Å². The molecule has 4 heteroatoms. The smallest absolute Gasteiger partial charge is 0.159 e. The molecular weight excluding hydrogens is 398 g/mol. The van der Waals surface area contributed by atoms with Crippen LogP contribution >= 0.6 is 0 Å². The van der Waals surface area contributed by atoms with Crippen molar-refractivity contribution in [3.8, 4) is 0 Å². The summed E-state index contributed by atoms with van der Waals surface area (Å²) in [5.74, 6) is 2.79. The molecule has 0 aromatic heterocycles. The van der Waals surface area contributed by atoms with Crippen molar-refractivity contribution in [3.63, 3.8) is 0 Å². The van der Waals surface area contributed by atoms with Crippen LogP contribution in [0.5, 0.6) is 0 Å². The van der Waals surface area contributed by atoms with E-state index >= 15 is 0 Å². The number of allylic oxidation sites excluding steroid dienone is 4. The lowest BCUT2D eigenvalue weighted by molar-refractivity contribution is -0.130. The third-order valence-corrected chi connectivity index (χ3v) is 10.6. The Balaban J connectivity index is 1.40. The maximum absolute atomic E-state index is 13.1. The molecule has 0 amide bonds. The number of carbonyl (C=O) groups excluding carboxylic acids is 1. The molecule has 2 N–H and O–H groups in total. The first kappa shape index (κ1) is 22.8. The molecule has 1 unspecified atom stereocenters. The van der Waals surface area contributed by atoms with E-state index in [0.717, 1.165) is 45.1 Å². The number of likely N-dealkylation sites (tertiary alicyclic amines) is 1. The minimum Gasteiger partial charge on any atom is -0.393 e. The van der Waals surface area contributed by atoms with Crippen molar-refractivity contribution in [2.75, 3.05) is 13.6 Å². The zero-order chi connectivity index (χ0) is 22.9. The molecule has 10 atom stereocenters. The van der Waals surface area contributed by atoms with Crippen LogP contribution in [-0.2, 0) is 4.79 Å². The summed E-state index contributed by atoms with van der Waals surface area (Å²) in [5, 5.41) is 21.2. The van der Waals surface area contributed by atoms with Crippen LogP contribution in [0.1, 0.15) is 72.6 Å². The molecule has 0 spiro atoms. The highest BCUT2D eigenvalue weighted by Crippen LogP contribution is 2.61. The van der Waals surface area contributed by atoms with Gasteiger partial charge < -0.3 is 15.1 Å². The van der Waals surface area contributed by atoms with Crippen molar-refractivity contribution in [1.29, 1.82) is 0 Å². The maximum atomic E-state index is 13.1. The van der Waals surface area contributed by atoms with Gasteiger partial charge in [0.05, 0.1) is 12.2 Å². The Bertz CT molecular complexity index is 834. The van der Waals surface area contributed by atoms with Gasteiger partial charge in [0.15, 0.2) is 5.78 Å². The first-order valence-electron chi connectivity index (χ1n) is 13.2. The first-order valence-corrected chi connectivity index (χ1v) is 13.2. The van der Waals surface area contributed by atoms with E-state index < -0.39 is 0 Å². The first-order chi connectivity index (χ1) is 15.1. The molecule has 32 heavy (non-hydrogen) atoms. The van der Waals surface area contributed by atoms with Gasteiger partial charge in [-0.1, -0.05) is 33.3 Å². The normalized spacial score (nSPS) is 48.1. The van der Waals surface area contributed by atoms with E-state index in [1.54, 1.807) is 5.57 Å². The van der Waals surface area contributed by atoms with E-state index in [0.29, 0.717) is 36.0 Å². The maximum Gasteiger partial charge on any atom is 0.159 e. The predicted molar refractivity (Wildman–Crippen MR) is 127 cm³/mol. The predicted octanol–water partition coefficient (Wildman–Crippen LogP) is 4.36. The van der Waals surface area contributed by atoms with Gasteiger partial charge in [0, 0.05) is 18.5 Å². The van der Waals surface area contributed by atoms with E-state index in [1.807, 2.05) is 6.08 Å². The zero-order valence-electron chi connectivity index (χ0n) is 20.7. The van der Waals surface area contributed by atoms with Crippen molar-refractivity contribution in [3.05, 3.63) is 22.8 Å². The molecule has 178 valence electrons. The number of nitrogens with zero attached hydrogens (tertiary/aromatic N) is 1. The van der Waals surface area contributed by atoms with Crippen molar-refractivity contribution in [1.82, 2.24) is 4.90 Å². The Labute approximate surface area is 194 Å². The SMILES string of the molecule is C[C@@H]1C[C@@H](O)C([C@H](C)[C@H]2CCC3=C(C[C@H]4C3=CC(=O)[C@H]3C[C@@H](O)CC[C@@]34C)[C@H]2C)N(C)C1. The van der Waals surface area contributed by atoms with Crippen LogP contribution in [0.3, 0.4) is 0 Å². The Morgan fingerprint density at radius 1 is 1.16 bits per heavy atom. The standard InChI is InChI=1S/C28H43NO3/c1-15-10-26(32)27(29(5)14-15)17(3)19-6-7-20-21(16(19)2)12-23-22(20)13-25(31)24-11-18(30)8-9-28(23,24)4/h13,15-19,23-24,26-27,30,32H,6-12,14H2,1-5H3/t15-,16+,17-,18+,19+,23+,24-,26-,27?,28-/m1/s1. The summed E-state index contributed by atoms with van der Waals surface area (Å²) in [6, 6.07) is 0.243. The lowest BCUT2D eigenvalue weighted by Crippen LogP contribution is -2.54. The highest BCUT2D eigenvalue weighted by Gasteiger charge is 2.55. The second-order valence-corrected chi connectivity index (χ2v) is 12.4. The fourth-order valence-corrected chi connectivity index (χ4v) is 8.89. The Hall–Kier alpha value is -0.970. The second-order valence-electron chi connectivity index (χ2n) is 12.4. The number of carbonyl (C=O) groups is 1. The number of aliphatic hydroxyl groups excluding tert-OH is 2. The fraction of sp³-hybridized carbons (Fsp3) is 0.821. The lowest BCUT2D eigenvalue weighted by atomic mass is 9.54. The van der Waals surface area contributed by atoms with Gasteiger partial charge in [-0.05, 0) is 104 Å². The van der Waals surface area contributed by atoms with Crippen molar-refractivity contribution < 1.29 is 15.0 Å². The number of hydrogen-bond acceptors (Lipinski definition) is 4. The minimum absolute atomic E-state index is 0.00547. The molecule has 0 aromatic rings. The number of hydrogen-bond donors (Lipinski definition) is 2. The second kappa shape index (κ2) is 8.06. The monoisotopic (exact) mass is 441 g/mol. The van der Waals surface area contributed by atoms with E-state index in [4.69, 9.17) is 0 Å². The van der Waals surface area contributed by atoms with Crippen LogP contribution in [0.25, 0.3) is 0 Å². The number of piperidine rings is 1. The van der Waals surface area contributed by atoms with Gasteiger partial charge in [0.25, 0.3) is 0 Å². The molecule has 0 aromatic carbocycles. The van der Waals surface area contributed by atoms with Gasteiger partial charge in [-0.2, -0.15) is 0 Å².